The molecule has 1 heterocycles. The fourth-order valence-electron chi connectivity index (χ4n) is 2.31. The van der Waals surface area contributed by atoms with Crippen LogP contribution in [-0.4, -0.2) is 37.7 Å². The summed E-state index contributed by atoms with van der Waals surface area (Å²) >= 11 is 1.60. The molecule has 0 aromatic heterocycles. The van der Waals surface area contributed by atoms with E-state index in [1.54, 1.807) is 37.9 Å². The number of carbonyl (C=O) groups excluding carboxylic acids is 2. The van der Waals surface area contributed by atoms with E-state index in [9.17, 15) is 9.59 Å². The van der Waals surface area contributed by atoms with Crippen molar-refractivity contribution in [1.29, 1.82) is 0 Å². The lowest BCUT2D eigenvalue weighted by atomic mass is 9.95. The molecule has 0 unspecified atom stereocenters. The Balaban J connectivity index is 2.27. The summed E-state index contributed by atoms with van der Waals surface area (Å²) in [5.41, 5.74) is 1.71. The van der Waals surface area contributed by atoms with Gasteiger partial charge >= 0.3 is 12.0 Å². The highest BCUT2D eigenvalue weighted by atomic mass is 32.2. The maximum atomic E-state index is 12.4. The Kier molecular flexibility index (Phi) is 5.92. The molecule has 2 rings (SSSR count). The predicted molar refractivity (Wildman–Crippen MR) is 89.4 cm³/mol. The predicted octanol–water partition coefficient (Wildman–Crippen LogP) is 2.23. The number of urea groups is 1. The average Bonchev–Trinajstić information content (AvgIpc) is 2.54. The highest BCUT2D eigenvalue weighted by Gasteiger charge is 2.32. The molecule has 0 spiro atoms. The first-order chi connectivity index (χ1) is 11.1. The second kappa shape index (κ2) is 7.92. The molecule has 1 aliphatic rings. The molecule has 0 saturated carbocycles. The number of rotatable bonds is 6. The van der Waals surface area contributed by atoms with Crippen molar-refractivity contribution in [3.05, 3.63) is 41.1 Å². The van der Waals surface area contributed by atoms with Gasteiger partial charge < -0.3 is 20.1 Å². The van der Waals surface area contributed by atoms with Gasteiger partial charge in [0.25, 0.3) is 0 Å². The van der Waals surface area contributed by atoms with Crippen LogP contribution >= 0.6 is 11.8 Å². The van der Waals surface area contributed by atoms with Crippen LogP contribution in [0.15, 0.2) is 35.5 Å². The molecule has 2 amide bonds. The minimum Gasteiger partial charge on any atom is -0.497 e. The van der Waals surface area contributed by atoms with E-state index in [0.29, 0.717) is 23.6 Å². The molecule has 0 fully saturated rings. The van der Waals surface area contributed by atoms with E-state index < -0.39 is 12.0 Å². The highest BCUT2D eigenvalue weighted by Crippen LogP contribution is 2.28. The number of allylic oxidation sites excluding steroid dienone is 1. The molecule has 23 heavy (non-hydrogen) atoms. The van der Waals surface area contributed by atoms with Gasteiger partial charge in [0.05, 0.1) is 18.7 Å². The molecular weight excluding hydrogens is 316 g/mol. The molecule has 2 N–H and O–H groups in total. The molecule has 124 valence electrons. The fourth-order valence-corrected chi connectivity index (χ4v) is 2.56. The average molecular weight is 336 g/mol. The molecule has 0 bridgehead atoms. The lowest BCUT2D eigenvalue weighted by Gasteiger charge is -2.28. The summed E-state index contributed by atoms with van der Waals surface area (Å²) in [5.74, 6) is 1.01. The van der Waals surface area contributed by atoms with Crippen molar-refractivity contribution >= 4 is 23.8 Å². The molecule has 1 aromatic carbocycles. The summed E-state index contributed by atoms with van der Waals surface area (Å²) in [6.07, 6.45) is 1.95. The van der Waals surface area contributed by atoms with E-state index in [4.69, 9.17) is 9.47 Å². The van der Waals surface area contributed by atoms with Gasteiger partial charge in [-0.15, -0.1) is 0 Å². The number of benzene rings is 1. The highest BCUT2D eigenvalue weighted by molar-refractivity contribution is 7.98. The molecule has 0 radical (unpaired) electrons. The van der Waals surface area contributed by atoms with Gasteiger partial charge in [0.1, 0.15) is 12.4 Å². The Morgan fingerprint density at radius 1 is 1.30 bits per heavy atom. The largest absolute Gasteiger partial charge is 0.497 e. The van der Waals surface area contributed by atoms with Crippen LogP contribution in [0.2, 0.25) is 0 Å². The summed E-state index contributed by atoms with van der Waals surface area (Å²) in [7, 11) is 1.58. The molecule has 1 aromatic rings. The van der Waals surface area contributed by atoms with Crippen LogP contribution in [0.4, 0.5) is 4.79 Å². The number of nitrogens with one attached hydrogen (secondary N) is 2. The lowest BCUT2D eigenvalue weighted by molar-refractivity contribution is -0.138. The third-order valence-electron chi connectivity index (χ3n) is 3.46. The third-order valence-corrected chi connectivity index (χ3v) is 4.03. The monoisotopic (exact) mass is 336 g/mol. The Labute approximate surface area is 139 Å². The molecule has 1 atom stereocenters. The number of amides is 2. The van der Waals surface area contributed by atoms with Crippen LogP contribution < -0.4 is 15.4 Å². The zero-order valence-corrected chi connectivity index (χ0v) is 14.2. The van der Waals surface area contributed by atoms with Gasteiger partial charge in [-0.1, -0.05) is 12.1 Å². The van der Waals surface area contributed by atoms with E-state index in [1.807, 2.05) is 18.4 Å². The first-order valence-electron chi connectivity index (χ1n) is 7.15. The second-order valence-corrected chi connectivity index (χ2v) is 5.96. The van der Waals surface area contributed by atoms with Crippen LogP contribution in [-0.2, 0) is 9.53 Å². The number of methoxy groups -OCH3 is 1. The zero-order valence-electron chi connectivity index (χ0n) is 13.3. The Morgan fingerprint density at radius 3 is 2.61 bits per heavy atom. The number of ether oxygens (including phenoxy) is 2. The summed E-state index contributed by atoms with van der Waals surface area (Å²) in [6, 6.07) is 6.32. The molecular formula is C16H20N2O4S. The number of hydrogen-bond donors (Lipinski definition) is 2. The van der Waals surface area contributed by atoms with Gasteiger partial charge in [-0.05, 0) is 30.9 Å². The zero-order chi connectivity index (χ0) is 16.8. The number of esters is 1. The number of thioether (sulfide) groups is 1. The van der Waals surface area contributed by atoms with Crippen LogP contribution in [0.25, 0.3) is 0 Å². The maximum Gasteiger partial charge on any atom is 0.338 e. The molecule has 0 saturated heterocycles. The maximum absolute atomic E-state index is 12.4. The van der Waals surface area contributed by atoms with Crippen molar-refractivity contribution in [1.82, 2.24) is 10.6 Å². The Bertz CT molecular complexity index is 613. The summed E-state index contributed by atoms with van der Waals surface area (Å²) < 4.78 is 10.4. The van der Waals surface area contributed by atoms with E-state index in [-0.39, 0.29) is 6.03 Å². The standard InChI is InChI=1S/C16H20N2O4S/c1-10-13(15(19)22-8-9-23-3)14(18-16(20)17-10)11-4-6-12(21-2)7-5-11/h4-7,14H,8-9H2,1-3H3,(H2,17,18,20)/t14-/m0/s1. The second-order valence-electron chi connectivity index (χ2n) is 4.97. The van der Waals surface area contributed by atoms with Crippen LogP contribution in [0, 0.1) is 0 Å². The minimum atomic E-state index is -0.545. The first-order valence-corrected chi connectivity index (χ1v) is 8.54. The van der Waals surface area contributed by atoms with Crippen molar-refractivity contribution < 1.29 is 19.1 Å². The normalized spacial score (nSPS) is 17.3. The minimum absolute atomic E-state index is 0.333. The molecule has 1 aliphatic heterocycles. The van der Waals surface area contributed by atoms with Gasteiger partial charge in [-0.2, -0.15) is 11.8 Å². The van der Waals surface area contributed by atoms with Gasteiger partial charge in [-0.25, -0.2) is 9.59 Å². The van der Waals surface area contributed by atoms with Gasteiger partial charge in [0, 0.05) is 11.4 Å². The van der Waals surface area contributed by atoms with E-state index in [1.165, 1.54) is 0 Å². The molecule has 6 nitrogen and oxygen atoms in total. The Hall–Kier alpha value is -2.15. The van der Waals surface area contributed by atoms with Crippen LogP contribution in [0.1, 0.15) is 18.5 Å². The van der Waals surface area contributed by atoms with Gasteiger partial charge in [-0.3, -0.25) is 0 Å². The Morgan fingerprint density at radius 2 is 2.00 bits per heavy atom. The first kappa shape index (κ1) is 17.2. The lowest BCUT2D eigenvalue weighted by Crippen LogP contribution is -2.45. The van der Waals surface area contributed by atoms with Crippen LogP contribution in [0.3, 0.4) is 0 Å². The summed E-state index contributed by atoms with van der Waals surface area (Å²) in [6.45, 7) is 2.03. The van der Waals surface area contributed by atoms with Gasteiger partial charge in [0.2, 0.25) is 0 Å². The van der Waals surface area contributed by atoms with E-state index in [0.717, 1.165) is 11.3 Å². The topological polar surface area (TPSA) is 76.7 Å². The van der Waals surface area contributed by atoms with Crippen molar-refractivity contribution in [3.63, 3.8) is 0 Å². The summed E-state index contributed by atoms with van der Waals surface area (Å²) in [5, 5.41) is 5.39. The SMILES string of the molecule is COc1ccc([C@@H]2NC(=O)NC(C)=C2C(=O)OCCSC)cc1. The summed E-state index contributed by atoms with van der Waals surface area (Å²) in [4.78, 5) is 24.2. The quantitative estimate of drug-likeness (QED) is 0.615. The third kappa shape index (κ3) is 4.19. The van der Waals surface area contributed by atoms with Gasteiger partial charge in [0.15, 0.2) is 0 Å². The van der Waals surface area contributed by atoms with Crippen molar-refractivity contribution in [3.8, 4) is 5.75 Å². The molecule has 0 aliphatic carbocycles. The van der Waals surface area contributed by atoms with Crippen molar-refractivity contribution in [2.24, 2.45) is 0 Å². The smallest absolute Gasteiger partial charge is 0.338 e. The van der Waals surface area contributed by atoms with Crippen molar-refractivity contribution in [2.75, 3.05) is 25.7 Å². The number of hydrogen-bond acceptors (Lipinski definition) is 5. The molecule has 7 heteroatoms. The fraction of sp³-hybridized carbons (Fsp3) is 0.375. The number of carbonyl (C=O) groups is 2. The van der Waals surface area contributed by atoms with E-state index in [2.05, 4.69) is 10.6 Å². The van der Waals surface area contributed by atoms with Crippen molar-refractivity contribution in [2.45, 2.75) is 13.0 Å². The van der Waals surface area contributed by atoms with Crippen LogP contribution in [0.5, 0.6) is 5.75 Å². The van der Waals surface area contributed by atoms with E-state index >= 15 is 0 Å².